The largest absolute Gasteiger partial charge is 0.368 e. The van der Waals surface area contributed by atoms with Crippen molar-refractivity contribution in [2.75, 3.05) is 31.1 Å². The van der Waals surface area contributed by atoms with Gasteiger partial charge in [-0.15, -0.1) is 11.8 Å². The average molecular weight is 437 g/mol. The van der Waals surface area contributed by atoms with E-state index in [9.17, 15) is 4.79 Å². The Morgan fingerprint density at radius 1 is 0.933 bits per heavy atom. The smallest absolute Gasteiger partial charge is 0.253 e. The van der Waals surface area contributed by atoms with Gasteiger partial charge in [-0.05, 0) is 55.0 Å². The Morgan fingerprint density at radius 3 is 2.30 bits per heavy atom. The van der Waals surface area contributed by atoms with Gasteiger partial charge in [-0.3, -0.25) is 4.79 Å². The maximum absolute atomic E-state index is 12.9. The number of benzene rings is 3. The fraction of sp³-hybridized carbons (Fsp3) is 0.240. The Morgan fingerprint density at radius 2 is 1.63 bits per heavy atom. The molecular weight excluding hydrogens is 412 g/mol. The molecule has 1 fully saturated rings. The lowest BCUT2D eigenvalue weighted by atomic mass is 10.1. The molecule has 30 heavy (non-hydrogen) atoms. The highest BCUT2D eigenvalue weighted by Crippen LogP contribution is 2.24. The summed E-state index contributed by atoms with van der Waals surface area (Å²) < 4.78 is 0. The lowest BCUT2D eigenvalue weighted by molar-refractivity contribution is 0.0747. The van der Waals surface area contributed by atoms with E-state index in [1.807, 2.05) is 47.0 Å². The molecule has 1 aliphatic heterocycles. The highest BCUT2D eigenvalue weighted by molar-refractivity contribution is 7.98. The minimum atomic E-state index is 0.110. The quantitative estimate of drug-likeness (QED) is 0.465. The Kier molecular flexibility index (Phi) is 6.66. The zero-order valence-corrected chi connectivity index (χ0v) is 18.6. The second kappa shape index (κ2) is 9.59. The summed E-state index contributed by atoms with van der Waals surface area (Å²) in [7, 11) is 0. The molecule has 0 unspecified atom stereocenters. The van der Waals surface area contributed by atoms with E-state index in [2.05, 4.69) is 54.3 Å². The van der Waals surface area contributed by atoms with Gasteiger partial charge in [0.2, 0.25) is 0 Å². The number of thioether (sulfide) groups is 1. The maximum Gasteiger partial charge on any atom is 0.253 e. The summed E-state index contributed by atoms with van der Waals surface area (Å²) in [5.41, 5.74) is 4.37. The fourth-order valence-electron chi connectivity index (χ4n) is 3.57. The van der Waals surface area contributed by atoms with Crippen LogP contribution in [-0.4, -0.2) is 37.0 Å². The lowest BCUT2D eigenvalue weighted by Gasteiger charge is -2.36. The van der Waals surface area contributed by atoms with Gasteiger partial charge in [0.05, 0.1) is 0 Å². The molecule has 1 heterocycles. The van der Waals surface area contributed by atoms with Gasteiger partial charge < -0.3 is 9.80 Å². The summed E-state index contributed by atoms with van der Waals surface area (Å²) in [6.07, 6.45) is 0. The van der Waals surface area contributed by atoms with Crippen LogP contribution in [0, 0.1) is 6.92 Å². The number of hydrogen-bond acceptors (Lipinski definition) is 3. The first-order chi connectivity index (χ1) is 14.6. The number of rotatable bonds is 5. The third-order valence-electron chi connectivity index (χ3n) is 5.37. The third-order valence-corrected chi connectivity index (χ3v) is 6.69. The Labute approximate surface area is 187 Å². The highest BCUT2D eigenvalue weighted by atomic mass is 35.5. The predicted molar refractivity (Wildman–Crippen MR) is 127 cm³/mol. The number of aryl methyl sites for hydroxylation is 1. The molecule has 1 amide bonds. The molecule has 1 saturated heterocycles. The predicted octanol–water partition coefficient (Wildman–Crippen LogP) is 5.90. The zero-order chi connectivity index (χ0) is 20.9. The van der Waals surface area contributed by atoms with Gasteiger partial charge in [-0.25, -0.2) is 0 Å². The van der Waals surface area contributed by atoms with Crippen molar-refractivity contribution in [1.82, 2.24) is 4.90 Å². The summed E-state index contributed by atoms with van der Waals surface area (Å²) in [4.78, 5) is 18.4. The van der Waals surface area contributed by atoms with Crippen molar-refractivity contribution >= 4 is 35.0 Å². The number of amides is 1. The first kappa shape index (κ1) is 20.8. The van der Waals surface area contributed by atoms with E-state index in [4.69, 9.17) is 11.6 Å². The van der Waals surface area contributed by atoms with Crippen LogP contribution in [-0.2, 0) is 5.75 Å². The van der Waals surface area contributed by atoms with Crippen LogP contribution in [0.25, 0.3) is 0 Å². The minimum absolute atomic E-state index is 0.110. The number of nitrogens with zero attached hydrogens (tertiary/aromatic N) is 2. The van der Waals surface area contributed by atoms with Crippen molar-refractivity contribution in [3.8, 4) is 0 Å². The Bertz CT molecular complexity index is 996. The first-order valence-corrected chi connectivity index (χ1v) is 11.5. The van der Waals surface area contributed by atoms with Crippen LogP contribution >= 0.6 is 23.4 Å². The van der Waals surface area contributed by atoms with Crippen LogP contribution in [0.3, 0.4) is 0 Å². The summed E-state index contributed by atoms with van der Waals surface area (Å²) >= 11 is 7.92. The average Bonchev–Trinajstić information content (AvgIpc) is 2.79. The van der Waals surface area contributed by atoms with Gasteiger partial charge in [0.15, 0.2) is 0 Å². The van der Waals surface area contributed by atoms with E-state index in [1.165, 1.54) is 16.0 Å². The monoisotopic (exact) mass is 436 g/mol. The molecule has 0 aromatic heterocycles. The second-order valence-corrected chi connectivity index (χ2v) is 9.04. The van der Waals surface area contributed by atoms with Crippen LogP contribution in [0.4, 0.5) is 5.69 Å². The van der Waals surface area contributed by atoms with Crippen molar-refractivity contribution in [2.45, 2.75) is 17.6 Å². The number of anilines is 1. The van der Waals surface area contributed by atoms with Gasteiger partial charge in [0.25, 0.3) is 5.91 Å². The van der Waals surface area contributed by atoms with Crippen molar-refractivity contribution < 1.29 is 4.79 Å². The molecule has 0 N–H and O–H groups in total. The van der Waals surface area contributed by atoms with Crippen LogP contribution < -0.4 is 4.90 Å². The normalized spacial score (nSPS) is 14.1. The molecule has 3 nitrogen and oxygen atoms in total. The molecule has 0 spiro atoms. The molecule has 3 aromatic rings. The standard InChI is InChI=1S/C25H25ClN2OS/c1-19-5-11-24(12-6-19)30-18-20-7-9-21(10-8-20)25(29)28-15-13-27(14-16-28)23-4-2-3-22(26)17-23/h2-12,17H,13-16,18H2,1H3. The Hall–Kier alpha value is -2.43. The molecule has 3 aromatic carbocycles. The summed E-state index contributed by atoms with van der Waals surface area (Å²) in [6.45, 7) is 5.17. The molecule has 0 radical (unpaired) electrons. The molecule has 0 saturated carbocycles. The summed E-state index contributed by atoms with van der Waals surface area (Å²) in [5, 5.41) is 0.742. The lowest BCUT2D eigenvalue weighted by Crippen LogP contribution is -2.48. The molecular formula is C25H25ClN2OS. The van der Waals surface area contributed by atoms with Crippen molar-refractivity contribution in [1.29, 1.82) is 0 Å². The molecule has 4 rings (SSSR count). The van der Waals surface area contributed by atoms with Crippen LogP contribution in [0.15, 0.2) is 77.7 Å². The second-order valence-electron chi connectivity index (χ2n) is 7.56. The van der Waals surface area contributed by atoms with Gasteiger partial charge in [-0.2, -0.15) is 0 Å². The van der Waals surface area contributed by atoms with Crippen LogP contribution in [0.1, 0.15) is 21.5 Å². The number of halogens is 1. The SMILES string of the molecule is Cc1ccc(SCc2ccc(C(=O)N3CCN(c4cccc(Cl)c4)CC3)cc2)cc1. The molecule has 5 heteroatoms. The third kappa shape index (κ3) is 5.18. The fourth-order valence-corrected chi connectivity index (χ4v) is 4.61. The van der Waals surface area contributed by atoms with Crippen LogP contribution in [0.5, 0.6) is 0 Å². The zero-order valence-electron chi connectivity index (χ0n) is 17.1. The maximum atomic E-state index is 12.9. The number of hydrogen-bond donors (Lipinski definition) is 0. The number of carbonyl (C=O) groups excluding carboxylic acids is 1. The molecule has 1 aliphatic rings. The molecule has 154 valence electrons. The van der Waals surface area contributed by atoms with E-state index in [1.54, 1.807) is 0 Å². The van der Waals surface area contributed by atoms with Crippen LogP contribution in [0.2, 0.25) is 5.02 Å². The van der Waals surface area contributed by atoms with Crippen molar-refractivity contribution in [3.05, 3.63) is 94.5 Å². The van der Waals surface area contributed by atoms with E-state index < -0.39 is 0 Å². The first-order valence-electron chi connectivity index (χ1n) is 10.2. The number of carbonyl (C=O) groups is 1. The molecule has 0 atom stereocenters. The Balaban J connectivity index is 1.31. The number of piperazine rings is 1. The van der Waals surface area contributed by atoms with E-state index >= 15 is 0 Å². The summed E-state index contributed by atoms with van der Waals surface area (Å²) in [5.74, 6) is 1.01. The molecule has 0 bridgehead atoms. The van der Waals surface area contributed by atoms with E-state index in [-0.39, 0.29) is 5.91 Å². The summed E-state index contributed by atoms with van der Waals surface area (Å²) in [6, 6.07) is 24.5. The van der Waals surface area contributed by atoms with Crippen molar-refractivity contribution in [3.63, 3.8) is 0 Å². The highest BCUT2D eigenvalue weighted by Gasteiger charge is 2.22. The van der Waals surface area contributed by atoms with E-state index in [0.717, 1.165) is 48.2 Å². The van der Waals surface area contributed by atoms with Gasteiger partial charge in [-0.1, -0.05) is 47.5 Å². The minimum Gasteiger partial charge on any atom is -0.368 e. The molecule has 0 aliphatic carbocycles. The van der Waals surface area contributed by atoms with Gasteiger partial charge in [0.1, 0.15) is 0 Å². The van der Waals surface area contributed by atoms with Crippen molar-refractivity contribution in [2.24, 2.45) is 0 Å². The van der Waals surface area contributed by atoms with Gasteiger partial charge in [0, 0.05) is 53.1 Å². The van der Waals surface area contributed by atoms with Gasteiger partial charge >= 0.3 is 0 Å². The topological polar surface area (TPSA) is 23.6 Å². The van der Waals surface area contributed by atoms with E-state index in [0.29, 0.717) is 0 Å².